The second-order valence-corrected chi connectivity index (χ2v) is 5.68. The average molecular weight is 233 g/mol. The number of hydrogen-bond donors (Lipinski definition) is 1. The van der Waals surface area contributed by atoms with Crippen LogP contribution >= 0.6 is 0 Å². The van der Waals surface area contributed by atoms with E-state index in [0.29, 0.717) is 6.04 Å². The van der Waals surface area contributed by atoms with Crippen molar-refractivity contribution in [1.82, 2.24) is 4.90 Å². The summed E-state index contributed by atoms with van der Waals surface area (Å²) in [5.41, 5.74) is 1.64. The Kier molecular flexibility index (Phi) is 3.28. The third kappa shape index (κ3) is 2.24. The fourth-order valence-electron chi connectivity index (χ4n) is 2.81. The lowest BCUT2D eigenvalue weighted by atomic mass is 9.74. The van der Waals surface area contributed by atoms with E-state index in [4.69, 9.17) is 0 Å². The molecule has 0 aliphatic carbocycles. The molecule has 0 radical (unpaired) electrons. The van der Waals surface area contributed by atoms with Crippen LogP contribution in [-0.2, 0) is 5.60 Å². The Hall–Kier alpha value is -0.860. The summed E-state index contributed by atoms with van der Waals surface area (Å²) < 4.78 is 0. The van der Waals surface area contributed by atoms with Gasteiger partial charge in [-0.15, -0.1) is 0 Å². The zero-order valence-corrected chi connectivity index (χ0v) is 11.3. The Morgan fingerprint density at radius 3 is 2.41 bits per heavy atom. The largest absolute Gasteiger partial charge is 0.385 e. The summed E-state index contributed by atoms with van der Waals surface area (Å²) in [4.78, 5) is 2.33. The molecule has 3 atom stereocenters. The minimum absolute atomic E-state index is 0.270. The highest BCUT2D eigenvalue weighted by atomic mass is 16.3. The molecule has 17 heavy (non-hydrogen) atoms. The fourth-order valence-corrected chi connectivity index (χ4v) is 2.81. The van der Waals surface area contributed by atoms with Crippen molar-refractivity contribution in [3.63, 3.8) is 0 Å². The van der Waals surface area contributed by atoms with Crippen molar-refractivity contribution in [1.29, 1.82) is 0 Å². The van der Waals surface area contributed by atoms with Gasteiger partial charge in [0.25, 0.3) is 0 Å². The monoisotopic (exact) mass is 233 g/mol. The molecular weight excluding hydrogens is 210 g/mol. The summed E-state index contributed by atoms with van der Waals surface area (Å²) in [6.07, 6.45) is 0.813. The Labute approximate surface area is 104 Å². The van der Waals surface area contributed by atoms with Crippen molar-refractivity contribution < 1.29 is 5.11 Å². The average Bonchev–Trinajstić information content (AvgIpc) is 2.27. The van der Waals surface area contributed by atoms with Crippen molar-refractivity contribution in [2.75, 3.05) is 13.6 Å². The summed E-state index contributed by atoms with van der Waals surface area (Å²) in [6, 6.07) is 8.75. The maximum absolute atomic E-state index is 11.0. The van der Waals surface area contributed by atoms with Gasteiger partial charge in [0.2, 0.25) is 0 Å². The van der Waals surface area contributed by atoms with Crippen LogP contribution in [0.2, 0.25) is 0 Å². The SMILES string of the molecule is Cc1ccc([C@@]2(O)C[C@@H](C)N(C)C[C@@H]2C)cc1. The Bertz CT molecular complexity index is 386. The third-order valence-electron chi connectivity index (χ3n) is 4.29. The van der Waals surface area contributed by atoms with Crippen molar-refractivity contribution in [2.45, 2.75) is 38.8 Å². The molecule has 1 aliphatic rings. The number of likely N-dealkylation sites (tertiary alicyclic amines) is 1. The third-order valence-corrected chi connectivity index (χ3v) is 4.29. The first-order valence-electron chi connectivity index (χ1n) is 6.43. The van der Waals surface area contributed by atoms with Crippen molar-refractivity contribution in [3.05, 3.63) is 35.4 Å². The van der Waals surface area contributed by atoms with Gasteiger partial charge >= 0.3 is 0 Å². The number of hydrogen-bond acceptors (Lipinski definition) is 2. The van der Waals surface area contributed by atoms with Crippen molar-refractivity contribution >= 4 is 0 Å². The van der Waals surface area contributed by atoms with Crippen LogP contribution < -0.4 is 0 Å². The predicted molar refractivity (Wildman–Crippen MR) is 70.9 cm³/mol. The van der Waals surface area contributed by atoms with E-state index >= 15 is 0 Å². The maximum atomic E-state index is 11.0. The highest BCUT2D eigenvalue weighted by Gasteiger charge is 2.42. The molecule has 0 aromatic heterocycles. The summed E-state index contributed by atoms with van der Waals surface area (Å²) in [7, 11) is 2.13. The van der Waals surface area contributed by atoms with Gasteiger partial charge in [-0.2, -0.15) is 0 Å². The predicted octanol–water partition coefficient (Wildman–Crippen LogP) is 2.54. The van der Waals surface area contributed by atoms with Gasteiger partial charge in [-0.05, 0) is 32.9 Å². The van der Waals surface area contributed by atoms with E-state index in [9.17, 15) is 5.11 Å². The molecule has 1 aromatic carbocycles. The quantitative estimate of drug-likeness (QED) is 0.806. The van der Waals surface area contributed by atoms with Crippen LogP contribution in [0.3, 0.4) is 0 Å². The Morgan fingerprint density at radius 2 is 1.82 bits per heavy atom. The van der Waals surface area contributed by atoms with E-state index in [-0.39, 0.29) is 5.92 Å². The summed E-state index contributed by atoms with van der Waals surface area (Å²) in [5, 5.41) is 11.0. The lowest BCUT2D eigenvalue weighted by Gasteiger charge is -2.46. The zero-order chi connectivity index (χ0) is 12.6. The Morgan fingerprint density at radius 1 is 1.24 bits per heavy atom. The normalized spacial score (nSPS) is 34.9. The molecule has 2 rings (SSSR count). The summed E-state index contributed by atoms with van der Waals surface area (Å²) in [5.74, 6) is 0.270. The van der Waals surface area contributed by atoms with Gasteiger partial charge in [0.15, 0.2) is 0 Å². The molecule has 0 bridgehead atoms. The summed E-state index contributed by atoms with van der Waals surface area (Å²) >= 11 is 0. The van der Waals surface area contributed by atoms with Gasteiger partial charge in [0.1, 0.15) is 0 Å². The van der Waals surface area contributed by atoms with E-state index < -0.39 is 5.60 Å². The molecule has 0 saturated carbocycles. The minimum atomic E-state index is -0.667. The van der Waals surface area contributed by atoms with Gasteiger partial charge in [-0.1, -0.05) is 36.8 Å². The minimum Gasteiger partial charge on any atom is -0.385 e. The number of nitrogens with zero attached hydrogens (tertiary/aromatic N) is 1. The van der Waals surface area contributed by atoms with Crippen molar-refractivity contribution in [2.24, 2.45) is 5.92 Å². The highest BCUT2D eigenvalue weighted by Crippen LogP contribution is 2.39. The van der Waals surface area contributed by atoms with Gasteiger partial charge in [-0.25, -0.2) is 0 Å². The van der Waals surface area contributed by atoms with Crippen LogP contribution in [0, 0.1) is 12.8 Å². The van der Waals surface area contributed by atoms with Crippen molar-refractivity contribution in [3.8, 4) is 0 Å². The van der Waals surface area contributed by atoms with E-state index in [2.05, 4.69) is 57.0 Å². The molecule has 1 saturated heterocycles. The standard InChI is InChI=1S/C15H23NO/c1-11-5-7-14(8-6-11)15(17)9-13(3)16(4)10-12(15)2/h5-8,12-13,17H,9-10H2,1-4H3/t12-,13+,15+/m0/s1. The van der Waals surface area contributed by atoms with Crippen LogP contribution in [0.1, 0.15) is 31.4 Å². The van der Waals surface area contributed by atoms with E-state index in [1.54, 1.807) is 0 Å². The molecule has 94 valence electrons. The molecule has 1 aromatic rings. The summed E-state index contributed by atoms with van der Waals surface area (Å²) in [6.45, 7) is 7.35. The molecule has 0 amide bonds. The molecule has 1 heterocycles. The van der Waals surface area contributed by atoms with Crippen LogP contribution in [0.4, 0.5) is 0 Å². The van der Waals surface area contributed by atoms with Crippen LogP contribution in [0.15, 0.2) is 24.3 Å². The Balaban J connectivity index is 2.31. The van der Waals surface area contributed by atoms with Gasteiger partial charge in [-0.3, -0.25) is 0 Å². The zero-order valence-electron chi connectivity index (χ0n) is 11.3. The first-order chi connectivity index (χ1) is 7.93. The van der Waals surface area contributed by atoms with Crippen LogP contribution in [-0.4, -0.2) is 29.6 Å². The topological polar surface area (TPSA) is 23.5 Å². The lowest BCUT2D eigenvalue weighted by Crippen LogP contribution is -2.51. The van der Waals surface area contributed by atoms with E-state index in [0.717, 1.165) is 18.5 Å². The fraction of sp³-hybridized carbons (Fsp3) is 0.600. The van der Waals surface area contributed by atoms with E-state index in [1.807, 2.05) is 0 Å². The maximum Gasteiger partial charge on any atom is 0.0948 e. The smallest absolute Gasteiger partial charge is 0.0948 e. The van der Waals surface area contributed by atoms with Gasteiger partial charge in [0.05, 0.1) is 5.60 Å². The van der Waals surface area contributed by atoms with Crippen LogP contribution in [0.25, 0.3) is 0 Å². The number of aliphatic hydroxyl groups is 1. The number of rotatable bonds is 1. The number of piperidine rings is 1. The molecule has 2 heteroatoms. The molecule has 2 nitrogen and oxygen atoms in total. The molecule has 0 spiro atoms. The van der Waals surface area contributed by atoms with Gasteiger partial charge < -0.3 is 10.0 Å². The van der Waals surface area contributed by atoms with Gasteiger partial charge in [0, 0.05) is 18.5 Å². The second-order valence-electron chi connectivity index (χ2n) is 5.68. The number of aryl methyl sites for hydroxylation is 1. The highest BCUT2D eigenvalue weighted by molar-refractivity contribution is 5.28. The number of benzene rings is 1. The van der Waals surface area contributed by atoms with Crippen LogP contribution in [0.5, 0.6) is 0 Å². The molecular formula is C15H23NO. The first-order valence-corrected chi connectivity index (χ1v) is 6.43. The first kappa shape index (κ1) is 12.6. The van der Waals surface area contributed by atoms with E-state index in [1.165, 1.54) is 5.56 Å². The lowest BCUT2D eigenvalue weighted by molar-refractivity contribution is -0.0843. The molecule has 1 N–H and O–H groups in total. The molecule has 0 unspecified atom stereocenters. The second kappa shape index (κ2) is 4.43. The molecule has 1 fully saturated rings. The molecule has 1 aliphatic heterocycles.